The lowest BCUT2D eigenvalue weighted by Crippen LogP contribution is -2.48. The number of rotatable bonds is 9. The van der Waals surface area contributed by atoms with E-state index >= 15 is 0 Å². The molecule has 0 aliphatic rings. The van der Waals surface area contributed by atoms with Crippen LogP contribution in [0.3, 0.4) is 0 Å². The van der Waals surface area contributed by atoms with Crippen molar-refractivity contribution in [2.75, 3.05) is 12.3 Å². The normalized spacial score (nSPS) is 11.3. The van der Waals surface area contributed by atoms with E-state index in [9.17, 15) is 0 Å². The Morgan fingerprint density at radius 3 is 2.48 bits per heavy atom. The van der Waals surface area contributed by atoms with Crippen LogP contribution in [0.1, 0.15) is 44.7 Å². The minimum atomic E-state index is -0.138. The van der Waals surface area contributed by atoms with Gasteiger partial charge in [-0.1, -0.05) is 19.9 Å². The lowest BCUT2D eigenvalue weighted by molar-refractivity contribution is 0.166. The fraction of sp³-hybridized carbons (Fsp3) is 0.400. The molecule has 5 nitrogen and oxygen atoms in total. The zero-order valence-corrected chi connectivity index (χ0v) is 15.3. The Balaban J connectivity index is 2.11. The predicted molar refractivity (Wildman–Crippen MR) is 103 cm³/mol. The Morgan fingerprint density at radius 2 is 1.88 bits per heavy atom. The zero-order chi connectivity index (χ0) is 18.3. The molecule has 0 fully saturated rings. The van der Waals surface area contributed by atoms with Gasteiger partial charge in [0.1, 0.15) is 12.4 Å². The van der Waals surface area contributed by atoms with Gasteiger partial charge in [-0.15, -0.1) is 0 Å². The summed E-state index contributed by atoms with van der Waals surface area (Å²) in [5.74, 6) is 0.671. The van der Waals surface area contributed by atoms with Crippen LogP contribution in [-0.4, -0.2) is 22.8 Å². The highest BCUT2D eigenvalue weighted by molar-refractivity contribution is 6.03. The van der Waals surface area contributed by atoms with E-state index in [1.807, 2.05) is 24.3 Å². The molecule has 1 heterocycles. The van der Waals surface area contributed by atoms with Crippen LogP contribution in [0.4, 0.5) is 5.69 Å². The SMILES string of the molecule is CCC(CC)(COc1cccc(N)c1C(C)=N)NCc1ccncc1. The Bertz CT molecular complexity index is 696. The maximum absolute atomic E-state index is 7.95. The topological polar surface area (TPSA) is 84.0 Å². The van der Waals surface area contributed by atoms with Gasteiger partial charge in [-0.3, -0.25) is 4.98 Å². The molecule has 5 heteroatoms. The van der Waals surface area contributed by atoms with Gasteiger partial charge in [-0.2, -0.15) is 0 Å². The van der Waals surface area contributed by atoms with E-state index in [1.165, 1.54) is 5.56 Å². The third-order valence-corrected chi connectivity index (χ3v) is 4.71. The van der Waals surface area contributed by atoms with Crippen molar-refractivity contribution in [1.29, 1.82) is 5.41 Å². The summed E-state index contributed by atoms with van der Waals surface area (Å²) in [5, 5.41) is 11.6. The number of pyridine rings is 1. The number of nitrogens with two attached hydrogens (primary N) is 1. The minimum Gasteiger partial charge on any atom is -0.491 e. The van der Waals surface area contributed by atoms with Crippen molar-refractivity contribution in [3.05, 3.63) is 53.9 Å². The standard InChI is InChI=1S/C20H28N4O/c1-4-20(5-2,24-13-16-9-11-23-12-10-16)14-25-18-8-6-7-17(22)19(18)15(3)21/h6-12,21,24H,4-5,13-14,22H2,1-3H3. The van der Waals surface area contributed by atoms with Crippen molar-refractivity contribution in [3.63, 3.8) is 0 Å². The summed E-state index contributed by atoms with van der Waals surface area (Å²) in [6.07, 6.45) is 5.49. The summed E-state index contributed by atoms with van der Waals surface area (Å²) < 4.78 is 6.12. The number of nitrogens with one attached hydrogen (secondary N) is 2. The highest BCUT2D eigenvalue weighted by atomic mass is 16.5. The third-order valence-electron chi connectivity index (χ3n) is 4.71. The molecule has 0 spiro atoms. The Morgan fingerprint density at radius 1 is 1.20 bits per heavy atom. The van der Waals surface area contributed by atoms with Gasteiger partial charge in [0.2, 0.25) is 0 Å². The van der Waals surface area contributed by atoms with Gasteiger partial charge in [0.15, 0.2) is 0 Å². The first-order valence-corrected chi connectivity index (χ1v) is 8.72. The molecular weight excluding hydrogens is 312 g/mol. The van der Waals surface area contributed by atoms with Crippen LogP contribution in [0, 0.1) is 5.41 Å². The summed E-state index contributed by atoms with van der Waals surface area (Å²) in [5.41, 5.74) is 8.75. The van der Waals surface area contributed by atoms with E-state index in [0.29, 0.717) is 29.3 Å². The van der Waals surface area contributed by atoms with Gasteiger partial charge in [-0.25, -0.2) is 0 Å². The molecule has 0 aliphatic carbocycles. The molecule has 25 heavy (non-hydrogen) atoms. The number of hydrogen-bond acceptors (Lipinski definition) is 5. The highest BCUT2D eigenvalue weighted by Crippen LogP contribution is 2.27. The summed E-state index contributed by atoms with van der Waals surface area (Å²) in [4.78, 5) is 4.06. The molecule has 0 amide bonds. The van der Waals surface area contributed by atoms with Crippen LogP contribution in [0.25, 0.3) is 0 Å². The third kappa shape index (κ3) is 4.79. The van der Waals surface area contributed by atoms with Crippen LogP contribution in [-0.2, 0) is 6.54 Å². The van der Waals surface area contributed by atoms with Gasteiger partial charge in [-0.05, 0) is 49.6 Å². The highest BCUT2D eigenvalue weighted by Gasteiger charge is 2.27. The van der Waals surface area contributed by atoms with Crippen LogP contribution >= 0.6 is 0 Å². The zero-order valence-electron chi connectivity index (χ0n) is 15.3. The summed E-state index contributed by atoms with van der Waals surface area (Å²) in [6, 6.07) is 9.56. The Labute approximate surface area is 150 Å². The predicted octanol–water partition coefficient (Wildman–Crippen LogP) is 3.78. The lowest BCUT2D eigenvalue weighted by Gasteiger charge is -2.33. The molecule has 2 rings (SSSR count). The molecule has 1 aromatic carbocycles. The average Bonchev–Trinajstić information content (AvgIpc) is 2.63. The fourth-order valence-electron chi connectivity index (χ4n) is 2.83. The van der Waals surface area contributed by atoms with Gasteiger partial charge >= 0.3 is 0 Å². The van der Waals surface area contributed by atoms with Crippen molar-refractivity contribution in [3.8, 4) is 5.75 Å². The largest absolute Gasteiger partial charge is 0.491 e. The second kappa shape index (κ2) is 8.62. The van der Waals surface area contributed by atoms with Crippen LogP contribution < -0.4 is 15.8 Å². The quantitative estimate of drug-likeness (QED) is 0.479. The smallest absolute Gasteiger partial charge is 0.130 e. The van der Waals surface area contributed by atoms with Crippen LogP contribution in [0.2, 0.25) is 0 Å². The number of hydrogen-bond donors (Lipinski definition) is 3. The molecular formula is C20H28N4O. The molecule has 2 aromatic rings. The van der Waals surface area contributed by atoms with Crippen molar-refractivity contribution in [2.24, 2.45) is 0 Å². The maximum atomic E-state index is 7.95. The van der Waals surface area contributed by atoms with Crippen LogP contribution in [0.15, 0.2) is 42.7 Å². The molecule has 0 saturated carbocycles. The number of nitrogens with zero attached hydrogens (tertiary/aromatic N) is 1. The van der Waals surface area contributed by atoms with Gasteiger partial charge in [0.25, 0.3) is 0 Å². The first-order chi connectivity index (χ1) is 12.0. The minimum absolute atomic E-state index is 0.138. The summed E-state index contributed by atoms with van der Waals surface area (Å²) in [7, 11) is 0. The molecule has 4 N–H and O–H groups in total. The fourth-order valence-corrected chi connectivity index (χ4v) is 2.83. The Hall–Kier alpha value is -2.40. The first-order valence-electron chi connectivity index (χ1n) is 8.72. The number of anilines is 1. The Kier molecular flexibility index (Phi) is 6.53. The number of ether oxygens (including phenoxy) is 1. The monoisotopic (exact) mass is 340 g/mol. The van der Waals surface area contributed by atoms with Crippen molar-refractivity contribution >= 4 is 11.4 Å². The number of aromatic nitrogens is 1. The van der Waals surface area contributed by atoms with Crippen molar-refractivity contribution in [1.82, 2.24) is 10.3 Å². The maximum Gasteiger partial charge on any atom is 0.130 e. The van der Waals surface area contributed by atoms with E-state index in [4.69, 9.17) is 15.9 Å². The molecule has 1 aromatic heterocycles. The van der Waals surface area contributed by atoms with Crippen molar-refractivity contribution < 1.29 is 4.74 Å². The van der Waals surface area contributed by atoms with Crippen molar-refractivity contribution in [2.45, 2.75) is 45.7 Å². The van der Waals surface area contributed by atoms with E-state index in [2.05, 4.69) is 24.1 Å². The molecule has 0 aliphatic heterocycles. The molecule has 134 valence electrons. The molecule has 0 atom stereocenters. The van der Waals surface area contributed by atoms with E-state index in [1.54, 1.807) is 25.4 Å². The number of nitrogen functional groups attached to an aromatic ring is 1. The summed E-state index contributed by atoms with van der Waals surface area (Å²) in [6.45, 7) is 7.34. The second-order valence-electron chi connectivity index (χ2n) is 6.33. The van der Waals surface area contributed by atoms with E-state index in [0.717, 1.165) is 19.4 Å². The molecule has 0 radical (unpaired) electrons. The molecule has 0 unspecified atom stereocenters. The first kappa shape index (κ1) is 18.9. The summed E-state index contributed by atoms with van der Waals surface area (Å²) >= 11 is 0. The van der Waals surface area contributed by atoms with E-state index in [-0.39, 0.29) is 5.54 Å². The van der Waals surface area contributed by atoms with Gasteiger partial charge < -0.3 is 21.2 Å². The number of benzene rings is 1. The average molecular weight is 340 g/mol. The van der Waals surface area contributed by atoms with Gasteiger partial charge in [0, 0.05) is 30.3 Å². The van der Waals surface area contributed by atoms with Crippen LogP contribution in [0.5, 0.6) is 5.75 Å². The molecule has 0 bridgehead atoms. The second-order valence-corrected chi connectivity index (χ2v) is 6.33. The van der Waals surface area contributed by atoms with Gasteiger partial charge in [0.05, 0.1) is 11.1 Å². The van der Waals surface area contributed by atoms with E-state index < -0.39 is 0 Å². The molecule has 0 saturated heterocycles. The lowest BCUT2D eigenvalue weighted by atomic mass is 9.93.